The molecule has 2 N–H and O–H groups in total. The summed E-state index contributed by atoms with van der Waals surface area (Å²) in [6.45, 7) is 2.18. The minimum absolute atomic E-state index is 0.0854. The maximum Gasteiger partial charge on any atom is 0.0163 e. The van der Waals surface area contributed by atoms with Crippen molar-refractivity contribution in [2.45, 2.75) is 57.4 Å². The van der Waals surface area contributed by atoms with Gasteiger partial charge < -0.3 is 5.73 Å². The van der Waals surface area contributed by atoms with E-state index in [1.165, 1.54) is 38.5 Å². The van der Waals surface area contributed by atoms with Crippen molar-refractivity contribution >= 4 is 0 Å². The molecule has 0 radical (unpaired) electrons. The summed E-state index contributed by atoms with van der Waals surface area (Å²) >= 11 is 0. The fraction of sp³-hybridized carbons (Fsp3) is 0.833. The Morgan fingerprint density at radius 1 is 1.38 bits per heavy atom. The smallest absolute Gasteiger partial charge is 0.0163 e. The Bertz CT molecular complexity index is 209. The summed E-state index contributed by atoms with van der Waals surface area (Å²) in [6.07, 6.45) is 11.7. The van der Waals surface area contributed by atoms with Gasteiger partial charge in [-0.05, 0) is 44.9 Å². The molecule has 0 aromatic rings. The summed E-state index contributed by atoms with van der Waals surface area (Å²) < 4.78 is 0. The van der Waals surface area contributed by atoms with Gasteiger partial charge in [-0.2, -0.15) is 0 Å². The lowest BCUT2D eigenvalue weighted by atomic mass is 9.80. The second-order valence-corrected chi connectivity index (χ2v) is 5.12. The van der Waals surface area contributed by atoms with Gasteiger partial charge in [0.05, 0.1) is 0 Å². The molecule has 1 saturated carbocycles. The van der Waals surface area contributed by atoms with E-state index < -0.39 is 0 Å². The fourth-order valence-corrected chi connectivity index (χ4v) is 2.67. The van der Waals surface area contributed by atoms with Crippen LogP contribution in [0.5, 0.6) is 0 Å². The summed E-state index contributed by atoms with van der Waals surface area (Å²) in [5, 5.41) is 0. The Labute approximate surface area is 81.4 Å². The van der Waals surface area contributed by atoms with E-state index in [0.717, 1.165) is 12.3 Å². The van der Waals surface area contributed by atoms with Gasteiger partial charge in [-0.1, -0.05) is 24.5 Å². The van der Waals surface area contributed by atoms with Crippen LogP contribution in [-0.4, -0.2) is 5.54 Å². The minimum atomic E-state index is 0.0854. The quantitative estimate of drug-likeness (QED) is 0.615. The Hall–Kier alpha value is -0.300. The Morgan fingerprint density at radius 2 is 2.08 bits per heavy atom. The molecule has 0 aromatic heterocycles. The zero-order chi connectivity index (χ0) is 9.31. The molecule has 1 heteroatoms. The van der Waals surface area contributed by atoms with E-state index in [2.05, 4.69) is 13.0 Å². The largest absolute Gasteiger partial charge is 0.325 e. The molecule has 1 unspecified atom stereocenters. The molecular formula is C12H21N. The Balaban J connectivity index is 1.98. The average molecular weight is 179 g/mol. The predicted molar refractivity (Wildman–Crippen MR) is 56.5 cm³/mol. The molecule has 2 aliphatic rings. The molecule has 0 heterocycles. The number of rotatable bonds is 1. The van der Waals surface area contributed by atoms with Crippen molar-refractivity contribution in [3.05, 3.63) is 11.6 Å². The number of allylic oxidation sites excluding steroid dienone is 1. The van der Waals surface area contributed by atoms with Crippen LogP contribution in [-0.2, 0) is 0 Å². The zero-order valence-corrected chi connectivity index (χ0v) is 8.68. The molecule has 0 amide bonds. The van der Waals surface area contributed by atoms with E-state index in [-0.39, 0.29) is 5.54 Å². The molecule has 74 valence electrons. The lowest BCUT2D eigenvalue weighted by Crippen LogP contribution is -2.37. The van der Waals surface area contributed by atoms with Crippen molar-refractivity contribution in [3.8, 4) is 0 Å². The first kappa shape index (κ1) is 9.26. The Morgan fingerprint density at radius 3 is 2.62 bits per heavy atom. The zero-order valence-electron chi connectivity index (χ0n) is 8.68. The number of hydrogen-bond donors (Lipinski definition) is 1. The van der Waals surface area contributed by atoms with Crippen molar-refractivity contribution in [1.29, 1.82) is 0 Å². The highest BCUT2D eigenvalue weighted by molar-refractivity contribution is 5.14. The van der Waals surface area contributed by atoms with Gasteiger partial charge in [0.15, 0.2) is 0 Å². The molecule has 0 saturated heterocycles. The van der Waals surface area contributed by atoms with E-state index in [9.17, 15) is 0 Å². The van der Waals surface area contributed by atoms with E-state index in [0.29, 0.717) is 0 Å². The normalized spacial score (nSPS) is 36.3. The number of hydrogen-bond acceptors (Lipinski definition) is 1. The summed E-state index contributed by atoms with van der Waals surface area (Å²) in [4.78, 5) is 0. The predicted octanol–water partition coefficient (Wildman–Crippen LogP) is 3.00. The molecule has 13 heavy (non-hydrogen) atoms. The van der Waals surface area contributed by atoms with Crippen LogP contribution < -0.4 is 5.73 Å². The van der Waals surface area contributed by atoms with Crippen LogP contribution in [0.15, 0.2) is 11.6 Å². The van der Waals surface area contributed by atoms with Crippen LogP contribution >= 0.6 is 0 Å². The average Bonchev–Trinajstić information content (AvgIpc) is 2.56. The lowest BCUT2D eigenvalue weighted by molar-refractivity contribution is 0.401. The van der Waals surface area contributed by atoms with Crippen LogP contribution in [0.4, 0.5) is 0 Å². The van der Waals surface area contributed by atoms with Gasteiger partial charge in [0, 0.05) is 5.54 Å². The first-order valence-corrected chi connectivity index (χ1v) is 5.65. The van der Waals surface area contributed by atoms with Gasteiger partial charge in [0.2, 0.25) is 0 Å². The molecule has 0 aliphatic heterocycles. The topological polar surface area (TPSA) is 26.0 Å². The van der Waals surface area contributed by atoms with Crippen molar-refractivity contribution in [2.75, 3.05) is 0 Å². The van der Waals surface area contributed by atoms with Gasteiger partial charge in [-0.15, -0.1) is 0 Å². The van der Waals surface area contributed by atoms with Gasteiger partial charge >= 0.3 is 0 Å². The summed E-state index contributed by atoms with van der Waals surface area (Å²) in [5.41, 5.74) is 7.90. The third-order valence-electron chi connectivity index (χ3n) is 3.69. The van der Waals surface area contributed by atoms with Gasteiger partial charge in [-0.3, -0.25) is 0 Å². The highest BCUT2D eigenvalue weighted by Gasteiger charge is 2.26. The van der Waals surface area contributed by atoms with Crippen molar-refractivity contribution < 1.29 is 0 Å². The Kier molecular flexibility index (Phi) is 2.46. The van der Waals surface area contributed by atoms with Crippen molar-refractivity contribution in [3.63, 3.8) is 0 Å². The molecule has 1 fully saturated rings. The molecule has 0 spiro atoms. The van der Waals surface area contributed by atoms with Crippen LogP contribution in [0.25, 0.3) is 0 Å². The molecule has 2 rings (SSSR count). The second kappa shape index (κ2) is 3.45. The van der Waals surface area contributed by atoms with Gasteiger partial charge in [0.25, 0.3) is 0 Å². The van der Waals surface area contributed by atoms with Crippen LogP contribution in [0.2, 0.25) is 0 Å². The highest BCUT2D eigenvalue weighted by Crippen LogP contribution is 2.37. The lowest BCUT2D eigenvalue weighted by Gasteiger charge is -2.30. The van der Waals surface area contributed by atoms with Gasteiger partial charge in [-0.25, -0.2) is 0 Å². The summed E-state index contributed by atoms with van der Waals surface area (Å²) in [7, 11) is 0. The van der Waals surface area contributed by atoms with Gasteiger partial charge in [0.1, 0.15) is 0 Å². The first-order valence-electron chi connectivity index (χ1n) is 5.65. The van der Waals surface area contributed by atoms with E-state index >= 15 is 0 Å². The van der Waals surface area contributed by atoms with Crippen LogP contribution in [0.3, 0.4) is 0 Å². The molecule has 1 atom stereocenters. The van der Waals surface area contributed by atoms with Crippen molar-refractivity contribution in [1.82, 2.24) is 0 Å². The van der Waals surface area contributed by atoms with Crippen LogP contribution in [0, 0.1) is 5.92 Å². The molecular weight excluding hydrogens is 158 g/mol. The molecule has 0 bridgehead atoms. The summed E-state index contributed by atoms with van der Waals surface area (Å²) in [5.74, 6) is 0.927. The highest BCUT2D eigenvalue weighted by atomic mass is 14.7. The fourth-order valence-electron chi connectivity index (χ4n) is 2.67. The first-order chi connectivity index (χ1) is 6.17. The van der Waals surface area contributed by atoms with Crippen LogP contribution in [0.1, 0.15) is 51.9 Å². The monoisotopic (exact) mass is 179 g/mol. The molecule has 2 aliphatic carbocycles. The maximum absolute atomic E-state index is 6.09. The summed E-state index contributed by atoms with van der Waals surface area (Å²) in [6, 6.07) is 0. The second-order valence-electron chi connectivity index (χ2n) is 5.12. The third-order valence-corrected chi connectivity index (χ3v) is 3.69. The standard InChI is InChI=1S/C12H21N/c1-12(13)8-6-11(7-9-12)10-4-2-3-5-10/h6,10H,2-5,7-9,13H2,1H3. The number of nitrogens with two attached hydrogens (primary N) is 1. The maximum atomic E-state index is 6.09. The minimum Gasteiger partial charge on any atom is -0.325 e. The van der Waals surface area contributed by atoms with E-state index in [4.69, 9.17) is 5.73 Å². The third kappa shape index (κ3) is 2.14. The molecule has 1 nitrogen and oxygen atoms in total. The van der Waals surface area contributed by atoms with Crippen molar-refractivity contribution in [2.24, 2.45) is 11.7 Å². The van der Waals surface area contributed by atoms with E-state index in [1.54, 1.807) is 5.57 Å². The molecule has 0 aromatic carbocycles. The van der Waals surface area contributed by atoms with E-state index in [1.807, 2.05) is 0 Å². The SMILES string of the molecule is CC1(N)CC=C(C2CCCC2)CC1.